The molecule has 0 spiro atoms. The summed E-state index contributed by atoms with van der Waals surface area (Å²) in [6.07, 6.45) is 14.2. The van der Waals surface area contributed by atoms with E-state index in [9.17, 15) is 28.8 Å². The lowest BCUT2D eigenvalue weighted by Gasteiger charge is -2.37. The van der Waals surface area contributed by atoms with Crippen molar-refractivity contribution in [1.82, 2.24) is 40.9 Å². The molecule has 16 heteroatoms. The summed E-state index contributed by atoms with van der Waals surface area (Å²) >= 11 is 0. The number of amides is 6. The van der Waals surface area contributed by atoms with E-state index in [0.717, 1.165) is 123 Å². The van der Waals surface area contributed by atoms with Crippen molar-refractivity contribution in [2.75, 3.05) is 67.6 Å². The van der Waals surface area contributed by atoms with Crippen molar-refractivity contribution in [1.29, 1.82) is 0 Å². The van der Waals surface area contributed by atoms with Gasteiger partial charge in [-0.05, 0) is 174 Å². The number of fused-ring (bicyclic) bond motifs is 1. The minimum Gasteiger partial charge on any atom is -0.497 e. The zero-order valence-electron chi connectivity index (χ0n) is 48.3. The van der Waals surface area contributed by atoms with E-state index >= 15 is 0 Å². The third-order valence-electron chi connectivity index (χ3n) is 17.8. The van der Waals surface area contributed by atoms with Crippen molar-refractivity contribution < 1.29 is 38.2 Å². The molecule has 2 heterocycles. The van der Waals surface area contributed by atoms with Crippen LogP contribution in [0, 0.1) is 11.8 Å². The summed E-state index contributed by atoms with van der Waals surface area (Å²) in [6, 6.07) is 24.4. The number of hydrogen-bond acceptors (Lipinski definition) is 10. The second-order valence-electron chi connectivity index (χ2n) is 22.9. The van der Waals surface area contributed by atoms with Gasteiger partial charge in [0.2, 0.25) is 23.6 Å². The van der Waals surface area contributed by atoms with E-state index < -0.39 is 24.2 Å². The highest BCUT2D eigenvalue weighted by molar-refractivity contribution is 6.02. The molecule has 2 aliphatic carbocycles. The Morgan fingerprint density at radius 3 is 1.24 bits per heavy atom. The number of hydrogen-bond donors (Lipinski definition) is 4. The van der Waals surface area contributed by atoms with Gasteiger partial charge in [-0.3, -0.25) is 28.8 Å². The summed E-state index contributed by atoms with van der Waals surface area (Å²) in [4.78, 5) is 93.7. The summed E-state index contributed by atoms with van der Waals surface area (Å²) in [5.74, 6) is 0.806. The summed E-state index contributed by atoms with van der Waals surface area (Å²) in [5.41, 5.74) is 3.11. The second-order valence-corrected chi connectivity index (χ2v) is 22.9. The standard InChI is InChI=1S/C64H88N8O8/c1-43(65-3)59(73)67-57(47-15-9-7-10-16-47)63(77)71-35-13-19-53(71)41-69(37-33-45-21-29-55(79-5)30-22-45)61(75)51-27-25-50-40-52(28-26-49(50)39-51)62(76)70(38-34-46-23-31-56(80-6)32-24-46)42-54-20-14-36-72(54)64(78)58(48-17-11-8-12-18-48)68-60(74)44(2)66-4/h21-32,39-40,43-44,47-48,53-54,57-58,65-66H,7-20,33-38,41-42H2,1-6H3,(H,67,73)(H,68,74)/t43-,44-,53-,54-,57-,58-/m0/s1. The largest absolute Gasteiger partial charge is 0.497 e. The molecule has 0 aromatic heterocycles. The van der Waals surface area contributed by atoms with Crippen molar-refractivity contribution in [3.63, 3.8) is 0 Å². The number of nitrogens with one attached hydrogen (secondary N) is 4. The van der Waals surface area contributed by atoms with Gasteiger partial charge in [-0.2, -0.15) is 0 Å². The molecule has 432 valence electrons. The fourth-order valence-electron chi connectivity index (χ4n) is 12.6. The quantitative estimate of drug-likeness (QED) is 0.0547. The number of rotatable bonds is 24. The Kier molecular flexibility index (Phi) is 21.4. The van der Waals surface area contributed by atoms with E-state index in [4.69, 9.17) is 9.47 Å². The van der Waals surface area contributed by atoms with Gasteiger partial charge in [0, 0.05) is 62.5 Å². The number of carbonyl (C=O) groups is 6. The van der Waals surface area contributed by atoms with Crippen LogP contribution >= 0.6 is 0 Å². The van der Waals surface area contributed by atoms with E-state index in [2.05, 4.69) is 21.3 Å². The van der Waals surface area contributed by atoms with Crippen molar-refractivity contribution >= 4 is 46.2 Å². The van der Waals surface area contributed by atoms with E-state index in [1.807, 2.05) is 105 Å². The lowest BCUT2D eigenvalue weighted by molar-refractivity contribution is -0.139. The molecule has 6 atom stereocenters. The number of likely N-dealkylation sites (tertiary alicyclic amines) is 2. The van der Waals surface area contributed by atoms with Gasteiger partial charge >= 0.3 is 0 Å². The summed E-state index contributed by atoms with van der Waals surface area (Å²) in [7, 11) is 6.76. The Bertz CT molecular complexity index is 2540. The third kappa shape index (κ3) is 15.1. The van der Waals surface area contributed by atoms with Crippen LogP contribution in [-0.4, -0.2) is 159 Å². The molecule has 80 heavy (non-hydrogen) atoms. The zero-order valence-corrected chi connectivity index (χ0v) is 48.3. The number of methoxy groups -OCH3 is 2. The van der Waals surface area contributed by atoms with Crippen LogP contribution in [0.25, 0.3) is 10.8 Å². The normalized spacial score (nSPS) is 19.4. The highest BCUT2D eigenvalue weighted by Gasteiger charge is 2.42. The number of likely N-dealkylation sites (N-methyl/N-ethyl adjacent to an activating group) is 2. The summed E-state index contributed by atoms with van der Waals surface area (Å²) < 4.78 is 10.8. The summed E-state index contributed by atoms with van der Waals surface area (Å²) in [5, 5.41) is 14.0. The topological polar surface area (TPSA) is 182 Å². The predicted molar refractivity (Wildman–Crippen MR) is 313 cm³/mol. The van der Waals surface area contributed by atoms with E-state index in [1.165, 1.54) is 0 Å². The average molecular weight is 1100 g/mol. The van der Waals surface area contributed by atoms with Gasteiger partial charge in [0.05, 0.1) is 26.3 Å². The van der Waals surface area contributed by atoms with E-state index in [1.54, 1.807) is 42.2 Å². The van der Waals surface area contributed by atoms with Crippen LogP contribution in [0.5, 0.6) is 11.5 Å². The number of nitrogens with zero attached hydrogens (tertiary/aromatic N) is 4. The Balaban J connectivity index is 1.03. The van der Waals surface area contributed by atoms with Crippen LogP contribution in [0.3, 0.4) is 0 Å². The lowest BCUT2D eigenvalue weighted by atomic mass is 9.83. The lowest BCUT2D eigenvalue weighted by Crippen LogP contribution is -2.57. The van der Waals surface area contributed by atoms with E-state index in [0.29, 0.717) is 63.2 Å². The first-order valence-electron chi connectivity index (χ1n) is 29.7. The molecular formula is C64H88N8O8. The first-order valence-corrected chi connectivity index (χ1v) is 29.7. The highest BCUT2D eigenvalue weighted by Crippen LogP contribution is 2.32. The molecule has 8 rings (SSSR count). The molecule has 4 aromatic rings. The Hall–Kier alpha value is -6.52. The maximum atomic E-state index is 15.0. The van der Waals surface area contributed by atoms with Crippen LogP contribution in [0.1, 0.15) is 136 Å². The van der Waals surface area contributed by atoms with Crippen LogP contribution in [0.15, 0.2) is 84.9 Å². The average Bonchev–Trinajstić information content (AvgIpc) is 4.19. The first-order chi connectivity index (χ1) is 38.8. The third-order valence-corrected chi connectivity index (χ3v) is 17.8. The molecule has 2 saturated heterocycles. The molecule has 2 saturated carbocycles. The van der Waals surface area contributed by atoms with Crippen molar-refractivity contribution in [3.05, 3.63) is 107 Å². The molecule has 16 nitrogen and oxygen atoms in total. The van der Waals surface area contributed by atoms with Crippen LogP contribution < -0.4 is 30.7 Å². The molecule has 4 fully saturated rings. The van der Waals surface area contributed by atoms with Gasteiger partial charge in [-0.25, -0.2) is 0 Å². The van der Waals surface area contributed by atoms with E-state index in [-0.39, 0.29) is 59.4 Å². The van der Waals surface area contributed by atoms with Gasteiger partial charge in [-0.1, -0.05) is 74.9 Å². The first kappa shape index (κ1) is 59.6. The molecule has 6 amide bonds. The minimum absolute atomic E-state index is 0.0560. The smallest absolute Gasteiger partial charge is 0.253 e. The van der Waals surface area contributed by atoms with Gasteiger partial charge < -0.3 is 50.3 Å². The second kappa shape index (κ2) is 28.8. The predicted octanol–water partition coefficient (Wildman–Crippen LogP) is 7.55. The monoisotopic (exact) mass is 1100 g/mol. The summed E-state index contributed by atoms with van der Waals surface area (Å²) in [6.45, 7) is 6.24. The van der Waals surface area contributed by atoms with Crippen molar-refractivity contribution in [3.8, 4) is 11.5 Å². The molecule has 4 N–H and O–H groups in total. The van der Waals surface area contributed by atoms with Crippen molar-refractivity contribution in [2.24, 2.45) is 11.8 Å². The molecule has 4 aromatic carbocycles. The molecule has 2 aliphatic heterocycles. The number of benzene rings is 4. The van der Waals surface area contributed by atoms with Gasteiger partial charge in [0.25, 0.3) is 11.8 Å². The van der Waals surface area contributed by atoms with Crippen LogP contribution in [-0.2, 0) is 32.0 Å². The maximum absolute atomic E-state index is 15.0. The molecule has 0 radical (unpaired) electrons. The van der Waals surface area contributed by atoms with Crippen molar-refractivity contribution in [2.45, 2.75) is 153 Å². The zero-order chi connectivity index (χ0) is 56.7. The Labute approximate surface area is 474 Å². The number of ether oxygens (including phenoxy) is 2. The Morgan fingerprint density at radius 1 is 0.512 bits per heavy atom. The Morgan fingerprint density at radius 2 is 0.887 bits per heavy atom. The van der Waals surface area contributed by atoms with Gasteiger partial charge in [-0.15, -0.1) is 0 Å². The molecular weight excluding hydrogens is 1010 g/mol. The van der Waals surface area contributed by atoms with Gasteiger partial charge in [0.15, 0.2) is 0 Å². The molecule has 0 bridgehead atoms. The van der Waals surface area contributed by atoms with Crippen LogP contribution in [0.2, 0.25) is 0 Å². The highest BCUT2D eigenvalue weighted by atomic mass is 16.5. The fraction of sp³-hybridized carbons (Fsp3) is 0.562. The molecule has 0 unspecified atom stereocenters. The maximum Gasteiger partial charge on any atom is 0.253 e. The SMILES string of the molecule is CN[C@@H](C)C(=O)N[C@H](C(=O)N1CCC[C@H]1CN(CCc1ccc(OC)cc1)C(=O)c1ccc2cc(C(=O)N(CCc3ccc(OC)cc3)C[C@@H]3CCCN3C(=O)[C@@H](NC(=O)[C@H](C)NC)C3CCCCC3)ccc2c1)C1CCCCC1. The van der Waals surface area contributed by atoms with Crippen LogP contribution in [0.4, 0.5) is 0 Å². The molecule has 4 aliphatic rings. The number of carbonyl (C=O) groups excluding carboxylic acids is 6. The van der Waals surface area contributed by atoms with Gasteiger partial charge in [0.1, 0.15) is 23.6 Å². The fourth-order valence-corrected chi connectivity index (χ4v) is 12.6. The minimum atomic E-state index is -0.626.